The Balaban J connectivity index is 2.18. The van der Waals surface area contributed by atoms with Gasteiger partial charge >= 0.3 is 0 Å². The summed E-state index contributed by atoms with van der Waals surface area (Å²) in [6, 6.07) is 4.24. The van der Waals surface area contributed by atoms with Gasteiger partial charge < -0.3 is 15.0 Å². The minimum Gasteiger partial charge on any atom is -0.379 e. The maximum absolute atomic E-state index is 6.10. The van der Waals surface area contributed by atoms with E-state index in [0.29, 0.717) is 19.3 Å². The van der Waals surface area contributed by atoms with Gasteiger partial charge in [0, 0.05) is 18.3 Å². The number of hydrogen-bond donors (Lipinski definition) is 1. The zero-order valence-electron chi connectivity index (χ0n) is 10.7. The molecule has 3 heterocycles. The predicted octanol–water partition coefficient (Wildman–Crippen LogP) is 1.45. The second kappa shape index (κ2) is 4.33. The summed E-state index contributed by atoms with van der Waals surface area (Å²) in [7, 11) is 0. The first kappa shape index (κ1) is 11.6. The minimum absolute atomic E-state index is 0.0271. The summed E-state index contributed by atoms with van der Waals surface area (Å²) in [4.78, 5) is 9.15. The van der Waals surface area contributed by atoms with Crippen LogP contribution in [0.1, 0.15) is 31.6 Å². The van der Waals surface area contributed by atoms with Crippen molar-refractivity contribution in [2.24, 2.45) is 5.73 Å². The van der Waals surface area contributed by atoms with E-state index in [0.717, 1.165) is 17.0 Å². The van der Waals surface area contributed by atoms with Crippen molar-refractivity contribution in [2.75, 3.05) is 13.2 Å². The van der Waals surface area contributed by atoms with Crippen LogP contribution in [0, 0.1) is 0 Å². The summed E-state index contributed by atoms with van der Waals surface area (Å²) in [6.07, 6.45) is 1.80. The average Bonchev–Trinajstić information content (AvgIpc) is 2.91. The van der Waals surface area contributed by atoms with Gasteiger partial charge in [-0.2, -0.15) is 0 Å². The zero-order valence-corrected chi connectivity index (χ0v) is 10.7. The molecule has 3 rings (SSSR count). The van der Waals surface area contributed by atoms with Crippen molar-refractivity contribution >= 4 is 11.2 Å². The Kier molecular flexibility index (Phi) is 2.80. The maximum Gasteiger partial charge on any atom is 0.160 e. The standard InChI is InChI=1S/C13H18N4O/c1-8(2)17-12(9-6-18-7-10(9)14)16-11-4-3-5-15-13(11)17/h3-5,8-10H,6-7,14H2,1-2H3. The summed E-state index contributed by atoms with van der Waals surface area (Å²) in [5.74, 6) is 1.17. The Morgan fingerprint density at radius 2 is 2.28 bits per heavy atom. The van der Waals surface area contributed by atoms with Crippen molar-refractivity contribution in [3.8, 4) is 0 Å². The van der Waals surface area contributed by atoms with Crippen molar-refractivity contribution in [3.63, 3.8) is 0 Å². The van der Waals surface area contributed by atoms with Crippen LogP contribution < -0.4 is 5.73 Å². The number of nitrogens with zero attached hydrogens (tertiary/aromatic N) is 3. The molecule has 0 aliphatic carbocycles. The summed E-state index contributed by atoms with van der Waals surface area (Å²) >= 11 is 0. The highest BCUT2D eigenvalue weighted by atomic mass is 16.5. The molecule has 0 amide bonds. The van der Waals surface area contributed by atoms with Crippen molar-refractivity contribution < 1.29 is 4.74 Å². The Hall–Kier alpha value is -1.46. The van der Waals surface area contributed by atoms with Crippen LogP contribution in [-0.4, -0.2) is 33.8 Å². The van der Waals surface area contributed by atoms with E-state index >= 15 is 0 Å². The summed E-state index contributed by atoms with van der Waals surface area (Å²) in [5, 5.41) is 0. The van der Waals surface area contributed by atoms with E-state index in [1.807, 2.05) is 12.1 Å². The van der Waals surface area contributed by atoms with Crippen LogP contribution in [0.4, 0.5) is 0 Å². The molecule has 0 spiro atoms. The molecule has 1 saturated heterocycles. The van der Waals surface area contributed by atoms with Crippen molar-refractivity contribution in [1.29, 1.82) is 0 Å². The van der Waals surface area contributed by atoms with E-state index in [9.17, 15) is 0 Å². The molecule has 0 bridgehead atoms. The van der Waals surface area contributed by atoms with Gasteiger partial charge in [-0.3, -0.25) is 0 Å². The number of pyridine rings is 1. The number of aromatic nitrogens is 3. The van der Waals surface area contributed by atoms with Gasteiger partial charge in [-0.25, -0.2) is 9.97 Å². The lowest BCUT2D eigenvalue weighted by molar-refractivity contribution is 0.190. The molecule has 5 nitrogen and oxygen atoms in total. The summed E-state index contributed by atoms with van der Waals surface area (Å²) in [6.45, 7) is 5.54. The van der Waals surface area contributed by atoms with E-state index in [1.54, 1.807) is 6.20 Å². The summed E-state index contributed by atoms with van der Waals surface area (Å²) in [5.41, 5.74) is 7.97. The highest BCUT2D eigenvalue weighted by molar-refractivity contribution is 5.71. The Morgan fingerprint density at radius 3 is 2.94 bits per heavy atom. The Morgan fingerprint density at radius 1 is 1.44 bits per heavy atom. The number of rotatable bonds is 2. The van der Waals surface area contributed by atoms with E-state index in [2.05, 4.69) is 23.4 Å². The fourth-order valence-electron chi connectivity index (χ4n) is 2.55. The SMILES string of the molecule is CC(C)n1c(C2COCC2N)nc2cccnc21. The van der Waals surface area contributed by atoms with Gasteiger partial charge in [0.05, 0.1) is 19.1 Å². The molecule has 2 unspecified atom stereocenters. The van der Waals surface area contributed by atoms with E-state index in [1.165, 1.54) is 0 Å². The fraction of sp³-hybridized carbons (Fsp3) is 0.538. The second-order valence-electron chi connectivity index (χ2n) is 5.09. The van der Waals surface area contributed by atoms with Crippen molar-refractivity contribution in [3.05, 3.63) is 24.2 Å². The smallest absolute Gasteiger partial charge is 0.160 e. The summed E-state index contributed by atoms with van der Waals surface area (Å²) < 4.78 is 7.63. The molecule has 0 aromatic carbocycles. The zero-order chi connectivity index (χ0) is 12.7. The first-order valence-electron chi connectivity index (χ1n) is 6.34. The molecule has 0 saturated carbocycles. The second-order valence-corrected chi connectivity index (χ2v) is 5.09. The molecule has 5 heteroatoms. The lowest BCUT2D eigenvalue weighted by atomic mass is 10.0. The molecule has 1 aliphatic heterocycles. The van der Waals surface area contributed by atoms with E-state index < -0.39 is 0 Å². The van der Waals surface area contributed by atoms with E-state index in [-0.39, 0.29) is 12.0 Å². The number of imidazole rings is 1. The third-order valence-corrected chi connectivity index (χ3v) is 3.45. The average molecular weight is 246 g/mol. The highest BCUT2D eigenvalue weighted by Gasteiger charge is 2.31. The van der Waals surface area contributed by atoms with Crippen LogP contribution in [0.2, 0.25) is 0 Å². The van der Waals surface area contributed by atoms with Gasteiger partial charge in [-0.15, -0.1) is 0 Å². The maximum atomic E-state index is 6.10. The van der Waals surface area contributed by atoms with Gasteiger partial charge in [0.1, 0.15) is 11.3 Å². The molecule has 96 valence electrons. The van der Waals surface area contributed by atoms with Crippen molar-refractivity contribution in [2.45, 2.75) is 31.8 Å². The molecule has 2 aromatic heterocycles. The minimum atomic E-state index is 0.0271. The van der Waals surface area contributed by atoms with Crippen molar-refractivity contribution in [1.82, 2.24) is 14.5 Å². The highest BCUT2D eigenvalue weighted by Crippen LogP contribution is 2.29. The van der Waals surface area contributed by atoms with Crippen LogP contribution >= 0.6 is 0 Å². The van der Waals surface area contributed by atoms with Gasteiger partial charge in [0.15, 0.2) is 5.65 Å². The molecule has 1 fully saturated rings. The van der Waals surface area contributed by atoms with Gasteiger partial charge in [-0.05, 0) is 26.0 Å². The Bertz CT molecular complexity index is 563. The van der Waals surface area contributed by atoms with Crippen LogP contribution in [0.3, 0.4) is 0 Å². The normalized spacial score (nSPS) is 24.2. The number of hydrogen-bond acceptors (Lipinski definition) is 4. The third kappa shape index (κ3) is 1.71. The largest absolute Gasteiger partial charge is 0.379 e. The molecule has 2 N–H and O–H groups in total. The van der Waals surface area contributed by atoms with Gasteiger partial charge in [-0.1, -0.05) is 0 Å². The molecule has 0 radical (unpaired) electrons. The van der Waals surface area contributed by atoms with Crippen LogP contribution in [0.15, 0.2) is 18.3 Å². The molecular formula is C13H18N4O. The lowest BCUT2D eigenvalue weighted by Crippen LogP contribution is -2.29. The first-order chi connectivity index (χ1) is 8.68. The monoisotopic (exact) mass is 246 g/mol. The van der Waals surface area contributed by atoms with Crippen LogP contribution in [0.5, 0.6) is 0 Å². The molecular weight excluding hydrogens is 228 g/mol. The topological polar surface area (TPSA) is 66.0 Å². The Labute approximate surface area is 106 Å². The molecule has 2 aromatic rings. The number of ether oxygens (including phenoxy) is 1. The number of fused-ring (bicyclic) bond motifs is 1. The predicted molar refractivity (Wildman–Crippen MR) is 69.4 cm³/mol. The van der Waals surface area contributed by atoms with Crippen LogP contribution in [-0.2, 0) is 4.74 Å². The molecule has 18 heavy (non-hydrogen) atoms. The lowest BCUT2D eigenvalue weighted by Gasteiger charge is -2.18. The fourth-order valence-corrected chi connectivity index (χ4v) is 2.55. The molecule has 2 atom stereocenters. The quantitative estimate of drug-likeness (QED) is 0.871. The third-order valence-electron chi connectivity index (χ3n) is 3.45. The van der Waals surface area contributed by atoms with Gasteiger partial charge in [0.25, 0.3) is 0 Å². The van der Waals surface area contributed by atoms with Crippen LogP contribution in [0.25, 0.3) is 11.2 Å². The number of nitrogens with two attached hydrogens (primary N) is 1. The first-order valence-corrected chi connectivity index (χ1v) is 6.34. The van der Waals surface area contributed by atoms with E-state index in [4.69, 9.17) is 15.5 Å². The molecule has 1 aliphatic rings. The van der Waals surface area contributed by atoms with Gasteiger partial charge in [0.2, 0.25) is 0 Å².